The minimum atomic E-state index is -0.554. The molecule has 132 valence electrons. The normalized spacial score (nSPS) is 11.1. The van der Waals surface area contributed by atoms with E-state index in [1.54, 1.807) is 18.4 Å². The molecular weight excluding hydrogens is 445 g/mol. The molecule has 8 heteroatoms. The van der Waals surface area contributed by atoms with Crippen LogP contribution in [-0.4, -0.2) is 31.1 Å². The minimum Gasteiger partial charge on any atom is -0.356 e. The Morgan fingerprint density at radius 1 is 1.12 bits per heavy atom. The molecule has 2 rings (SSSR count). The third kappa shape index (κ3) is 7.08. The monoisotopic (exact) mass is 466 g/mol. The second kappa shape index (κ2) is 10.5. The van der Waals surface area contributed by atoms with E-state index in [1.165, 1.54) is 17.0 Å². The predicted molar refractivity (Wildman–Crippen MR) is 105 cm³/mol. The van der Waals surface area contributed by atoms with Crippen molar-refractivity contribution < 1.29 is 8.78 Å². The number of rotatable bonds is 6. The number of hydrogen-bond donors (Lipinski definition) is 2. The highest BCUT2D eigenvalue weighted by molar-refractivity contribution is 14.0. The highest BCUT2D eigenvalue weighted by Crippen LogP contribution is 2.11. The van der Waals surface area contributed by atoms with Crippen LogP contribution in [0.3, 0.4) is 0 Å². The largest absolute Gasteiger partial charge is 0.356 e. The van der Waals surface area contributed by atoms with E-state index in [-0.39, 0.29) is 24.0 Å². The maximum atomic E-state index is 13.1. The number of thiazole rings is 1. The second-order valence-corrected chi connectivity index (χ2v) is 6.39. The zero-order chi connectivity index (χ0) is 16.7. The van der Waals surface area contributed by atoms with Crippen LogP contribution in [0.1, 0.15) is 15.4 Å². The second-order valence-electron chi connectivity index (χ2n) is 5.07. The standard InChI is InChI=1S/C16H20F2N4S.HI/c1-11-10-22-15(23-11)4-6-21-16(19-2)20-5-3-12-7-13(17)9-14(18)8-12;/h7-10H,3-6H2,1-2H3,(H2,19,20,21);1H. The molecule has 0 spiro atoms. The number of hydrogen-bond acceptors (Lipinski definition) is 3. The first-order valence-electron chi connectivity index (χ1n) is 7.37. The average molecular weight is 466 g/mol. The molecule has 0 saturated heterocycles. The van der Waals surface area contributed by atoms with E-state index in [2.05, 4.69) is 20.6 Å². The van der Waals surface area contributed by atoms with Gasteiger partial charge in [0.05, 0.1) is 5.01 Å². The van der Waals surface area contributed by atoms with Gasteiger partial charge in [-0.15, -0.1) is 35.3 Å². The lowest BCUT2D eigenvalue weighted by Crippen LogP contribution is -2.39. The smallest absolute Gasteiger partial charge is 0.191 e. The first kappa shape index (κ1) is 20.8. The summed E-state index contributed by atoms with van der Waals surface area (Å²) >= 11 is 1.68. The lowest BCUT2D eigenvalue weighted by molar-refractivity contribution is 0.579. The van der Waals surface area contributed by atoms with E-state index in [0.29, 0.717) is 24.5 Å². The highest BCUT2D eigenvalue weighted by atomic mass is 127. The Morgan fingerprint density at radius 3 is 2.29 bits per heavy atom. The van der Waals surface area contributed by atoms with Gasteiger partial charge in [0.25, 0.3) is 0 Å². The summed E-state index contributed by atoms with van der Waals surface area (Å²) in [5.74, 6) is -0.447. The van der Waals surface area contributed by atoms with Crippen molar-refractivity contribution in [3.8, 4) is 0 Å². The van der Waals surface area contributed by atoms with Crippen LogP contribution in [0.2, 0.25) is 0 Å². The summed E-state index contributed by atoms with van der Waals surface area (Å²) < 4.78 is 26.2. The molecule has 2 N–H and O–H groups in total. The molecular formula is C16H21F2IN4S. The Balaban J connectivity index is 0.00000288. The van der Waals surface area contributed by atoms with Crippen molar-refractivity contribution in [1.29, 1.82) is 0 Å². The number of benzene rings is 1. The Hall–Kier alpha value is -1.29. The van der Waals surface area contributed by atoms with E-state index in [1.807, 2.05) is 13.1 Å². The van der Waals surface area contributed by atoms with Gasteiger partial charge in [0.15, 0.2) is 5.96 Å². The molecule has 1 aromatic carbocycles. The molecule has 0 aliphatic rings. The Morgan fingerprint density at radius 2 is 1.75 bits per heavy atom. The molecule has 0 saturated carbocycles. The Kier molecular flexibility index (Phi) is 9.12. The third-order valence-corrected chi connectivity index (χ3v) is 4.13. The third-order valence-electron chi connectivity index (χ3n) is 3.15. The maximum Gasteiger partial charge on any atom is 0.191 e. The molecule has 0 radical (unpaired) electrons. The average Bonchev–Trinajstić information content (AvgIpc) is 2.90. The fraction of sp³-hybridized carbons (Fsp3) is 0.375. The quantitative estimate of drug-likeness (QED) is 0.391. The van der Waals surface area contributed by atoms with Crippen molar-refractivity contribution in [2.45, 2.75) is 19.8 Å². The lowest BCUT2D eigenvalue weighted by atomic mass is 10.1. The van der Waals surface area contributed by atoms with Crippen molar-refractivity contribution in [1.82, 2.24) is 15.6 Å². The number of aliphatic imine (C=N–C) groups is 1. The van der Waals surface area contributed by atoms with Gasteiger partial charge >= 0.3 is 0 Å². The van der Waals surface area contributed by atoms with Gasteiger partial charge in [-0.3, -0.25) is 4.99 Å². The van der Waals surface area contributed by atoms with Crippen LogP contribution in [0, 0.1) is 18.6 Å². The number of aromatic nitrogens is 1. The number of nitrogens with one attached hydrogen (secondary N) is 2. The molecule has 4 nitrogen and oxygen atoms in total. The lowest BCUT2D eigenvalue weighted by Gasteiger charge is -2.11. The summed E-state index contributed by atoms with van der Waals surface area (Å²) in [4.78, 5) is 9.62. The van der Waals surface area contributed by atoms with Crippen LogP contribution in [0.15, 0.2) is 29.4 Å². The van der Waals surface area contributed by atoms with Crippen LogP contribution in [0.25, 0.3) is 0 Å². The fourth-order valence-corrected chi connectivity index (χ4v) is 2.89. The fourth-order valence-electron chi connectivity index (χ4n) is 2.11. The summed E-state index contributed by atoms with van der Waals surface area (Å²) in [5.41, 5.74) is 0.615. The van der Waals surface area contributed by atoms with Gasteiger partial charge in [-0.2, -0.15) is 0 Å². The van der Waals surface area contributed by atoms with Gasteiger partial charge < -0.3 is 10.6 Å². The number of aryl methyl sites for hydroxylation is 1. The van der Waals surface area contributed by atoms with E-state index in [4.69, 9.17) is 0 Å². The summed E-state index contributed by atoms with van der Waals surface area (Å²) in [6.45, 7) is 3.30. The molecule has 1 heterocycles. The van der Waals surface area contributed by atoms with Crippen molar-refractivity contribution in [3.05, 3.63) is 51.5 Å². The van der Waals surface area contributed by atoms with Crippen molar-refractivity contribution >= 4 is 41.3 Å². The molecule has 0 amide bonds. The van der Waals surface area contributed by atoms with Gasteiger partial charge in [0.2, 0.25) is 0 Å². The van der Waals surface area contributed by atoms with Crippen molar-refractivity contribution in [2.75, 3.05) is 20.1 Å². The Bertz CT molecular complexity index is 656. The Labute approximate surface area is 161 Å². The van der Waals surface area contributed by atoms with E-state index >= 15 is 0 Å². The van der Waals surface area contributed by atoms with Gasteiger partial charge in [-0.25, -0.2) is 13.8 Å². The topological polar surface area (TPSA) is 49.3 Å². The van der Waals surface area contributed by atoms with Crippen LogP contribution in [0.4, 0.5) is 8.78 Å². The summed E-state index contributed by atoms with van der Waals surface area (Å²) in [6, 6.07) is 3.55. The summed E-state index contributed by atoms with van der Waals surface area (Å²) in [6.07, 6.45) is 3.21. The van der Waals surface area contributed by atoms with E-state index in [0.717, 1.165) is 24.0 Å². The summed E-state index contributed by atoms with van der Waals surface area (Å²) in [5, 5.41) is 7.40. The van der Waals surface area contributed by atoms with Crippen LogP contribution in [0.5, 0.6) is 0 Å². The number of halogens is 3. The van der Waals surface area contributed by atoms with Gasteiger partial charge in [-0.1, -0.05) is 0 Å². The van der Waals surface area contributed by atoms with Gasteiger partial charge in [0.1, 0.15) is 11.6 Å². The van der Waals surface area contributed by atoms with E-state index < -0.39 is 11.6 Å². The minimum absolute atomic E-state index is 0. The van der Waals surface area contributed by atoms with Crippen LogP contribution < -0.4 is 10.6 Å². The number of guanidine groups is 1. The molecule has 2 aromatic rings. The highest BCUT2D eigenvalue weighted by Gasteiger charge is 2.03. The predicted octanol–water partition coefficient (Wildman–Crippen LogP) is 3.30. The molecule has 0 unspecified atom stereocenters. The maximum absolute atomic E-state index is 13.1. The van der Waals surface area contributed by atoms with Crippen LogP contribution in [-0.2, 0) is 12.8 Å². The number of nitrogens with zero attached hydrogens (tertiary/aromatic N) is 2. The molecule has 0 fully saturated rings. The van der Waals surface area contributed by atoms with Gasteiger partial charge in [0, 0.05) is 43.7 Å². The summed E-state index contributed by atoms with van der Waals surface area (Å²) in [7, 11) is 1.69. The van der Waals surface area contributed by atoms with Crippen molar-refractivity contribution in [3.63, 3.8) is 0 Å². The van der Waals surface area contributed by atoms with Crippen molar-refractivity contribution in [2.24, 2.45) is 4.99 Å². The van der Waals surface area contributed by atoms with E-state index in [9.17, 15) is 8.78 Å². The molecule has 24 heavy (non-hydrogen) atoms. The molecule has 1 aromatic heterocycles. The molecule has 0 atom stereocenters. The van der Waals surface area contributed by atoms with Gasteiger partial charge in [-0.05, 0) is 31.0 Å². The molecule has 0 bridgehead atoms. The SMILES string of the molecule is CN=C(NCCc1cc(F)cc(F)c1)NCCc1ncc(C)s1.I. The molecule has 0 aliphatic carbocycles. The first-order chi connectivity index (χ1) is 11.1. The van der Waals surface area contributed by atoms with Crippen LogP contribution >= 0.6 is 35.3 Å². The zero-order valence-electron chi connectivity index (χ0n) is 13.6. The first-order valence-corrected chi connectivity index (χ1v) is 8.19. The molecule has 0 aliphatic heterocycles. The zero-order valence-corrected chi connectivity index (χ0v) is 16.8.